The highest BCUT2D eigenvalue weighted by Gasteiger charge is 2.21. The maximum absolute atomic E-state index is 12.1. The molecule has 1 aromatic heterocycles. The van der Waals surface area contributed by atoms with Gasteiger partial charge in [-0.25, -0.2) is 0 Å². The van der Waals surface area contributed by atoms with Gasteiger partial charge in [0.15, 0.2) is 5.78 Å². The monoisotopic (exact) mass is 297 g/mol. The van der Waals surface area contributed by atoms with Crippen LogP contribution in [0.3, 0.4) is 0 Å². The van der Waals surface area contributed by atoms with Gasteiger partial charge in [0.25, 0.3) is 0 Å². The second kappa shape index (κ2) is 6.06. The van der Waals surface area contributed by atoms with Gasteiger partial charge in [0.2, 0.25) is 5.91 Å². The number of ketones is 1. The van der Waals surface area contributed by atoms with Gasteiger partial charge >= 0.3 is 0 Å². The number of thiophene rings is 1. The molecule has 0 N–H and O–H groups in total. The van der Waals surface area contributed by atoms with E-state index in [0.717, 1.165) is 23.5 Å². The topological polar surface area (TPSA) is 37.4 Å². The Bertz CT molecular complexity index is 671. The van der Waals surface area contributed by atoms with Crippen molar-refractivity contribution >= 4 is 34.8 Å². The van der Waals surface area contributed by atoms with E-state index in [1.165, 1.54) is 0 Å². The van der Waals surface area contributed by atoms with Crippen molar-refractivity contribution in [2.45, 2.75) is 12.8 Å². The minimum Gasteiger partial charge on any atom is -0.312 e. The second-order valence-corrected chi connectivity index (χ2v) is 5.89. The van der Waals surface area contributed by atoms with Crippen molar-refractivity contribution in [3.05, 3.63) is 58.3 Å². The van der Waals surface area contributed by atoms with Gasteiger partial charge in [0.05, 0.1) is 0 Å². The van der Waals surface area contributed by atoms with Crippen LogP contribution in [-0.4, -0.2) is 18.2 Å². The molecule has 0 unspecified atom stereocenters. The van der Waals surface area contributed by atoms with Crippen molar-refractivity contribution in [2.75, 3.05) is 11.4 Å². The highest BCUT2D eigenvalue weighted by Crippen LogP contribution is 2.22. The number of amides is 1. The summed E-state index contributed by atoms with van der Waals surface area (Å²) < 4.78 is 0. The number of rotatable bonds is 4. The molecule has 4 heteroatoms. The number of carbonyl (C=O) groups excluding carboxylic acids is 2. The van der Waals surface area contributed by atoms with Gasteiger partial charge in [-0.1, -0.05) is 6.07 Å². The van der Waals surface area contributed by atoms with Crippen LogP contribution >= 0.6 is 11.3 Å². The molecule has 1 amide bonds. The molecule has 0 aliphatic carbocycles. The van der Waals surface area contributed by atoms with E-state index in [1.807, 2.05) is 35.7 Å². The van der Waals surface area contributed by atoms with E-state index in [4.69, 9.17) is 0 Å². The fourth-order valence-electron chi connectivity index (χ4n) is 2.37. The number of allylic oxidation sites excluding steroid dienone is 1. The Morgan fingerprint density at radius 2 is 2.00 bits per heavy atom. The molecule has 3 rings (SSSR count). The van der Waals surface area contributed by atoms with Crippen LogP contribution in [0.4, 0.5) is 5.69 Å². The Hall–Kier alpha value is -2.20. The summed E-state index contributed by atoms with van der Waals surface area (Å²) >= 11 is 1.60. The third-order valence-electron chi connectivity index (χ3n) is 3.48. The zero-order chi connectivity index (χ0) is 14.7. The Labute approximate surface area is 127 Å². The van der Waals surface area contributed by atoms with Gasteiger partial charge < -0.3 is 4.90 Å². The second-order valence-electron chi connectivity index (χ2n) is 4.91. The van der Waals surface area contributed by atoms with Gasteiger partial charge in [-0.3, -0.25) is 9.59 Å². The number of benzene rings is 1. The van der Waals surface area contributed by atoms with Crippen LogP contribution < -0.4 is 4.90 Å². The fourth-order valence-corrected chi connectivity index (χ4v) is 2.98. The van der Waals surface area contributed by atoms with E-state index in [1.54, 1.807) is 34.4 Å². The number of hydrogen-bond acceptors (Lipinski definition) is 3. The van der Waals surface area contributed by atoms with Crippen molar-refractivity contribution in [1.82, 2.24) is 0 Å². The van der Waals surface area contributed by atoms with Crippen LogP contribution in [0.25, 0.3) is 6.08 Å². The van der Waals surface area contributed by atoms with E-state index < -0.39 is 0 Å². The summed E-state index contributed by atoms with van der Waals surface area (Å²) in [4.78, 5) is 26.6. The third-order valence-corrected chi connectivity index (χ3v) is 4.32. The van der Waals surface area contributed by atoms with Crippen LogP contribution in [0.1, 0.15) is 28.1 Å². The van der Waals surface area contributed by atoms with E-state index in [2.05, 4.69) is 0 Å². The maximum atomic E-state index is 12.1. The summed E-state index contributed by atoms with van der Waals surface area (Å²) in [7, 11) is 0. The van der Waals surface area contributed by atoms with Gasteiger partial charge in [-0.15, -0.1) is 11.3 Å². The van der Waals surface area contributed by atoms with Crippen LogP contribution in [-0.2, 0) is 4.79 Å². The van der Waals surface area contributed by atoms with Gasteiger partial charge in [-0.05, 0) is 54.3 Å². The first-order valence-corrected chi connectivity index (χ1v) is 7.78. The average molecular weight is 297 g/mol. The zero-order valence-electron chi connectivity index (χ0n) is 11.5. The molecule has 3 nitrogen and oxygen atoms in total. The number of hydrogen-bond donors (Lipinski definition) is 0. The summed E-state index contributed by atoms with van der Waals surface area (Å²) in [6, 6.07) is 11.2. The number of nitrogens with zero attached hydrogens (tertiary/aromatic N) is 1. The highest BCUT2D eigenvalue weighted by molar-refractivity contribution is 7.10. The SMILES string of the molecule is O=C(/C=C/c1cccs1)c1ccc(N2CCCC2=O)cc1. The molecular formula is C17H15NO2S. The minimum atomic E-state index is -0.0253. The molecule has 2 heterocycles. The molecule has 0 bridgehead atoms. The van der Waals surface area contributed by atoms with E-state index in [-0.39, 0.29) is 11.7 Å². The van der Waals surface area contributed by atoms with Crippen molar-refractivity contribution < 1.29 is 9.59 Å². The zero-order valence-corrected chi connectivity index (χ0v) is 12.3. The van der Waals surface area contributed by atoms with Gasteiger partial charge in [0, 0.05) is 29.1 Å². The van der Waals surface area contributed by atoms with Crippen LogP contribution in [0.15, 0.2) is 47.9 Å². The summed E-state index contributed by atoms with van der Waals surface area (Å²) in [5.41, 5.74) is 1.51. The molecule has 2 aromatic rings. The first-order chi connectivity index (χ1) is 10.2. The van der Waals surface area contributed by atoms with Crippen molar-refractivity contribution in [3.8, 4) is 0 Å². The van der Waals surface area contributed by atoms with E-state index in [0.29, 0.717) is 12.0 Å². The molecule has 0 radical (unpaired) electrons. The predicted molar refractivity (Wildman–Crippen MR) is 85.7 cm³/mol. The lowest BCUT2D eigenvalue weighted by atomic mass is 10.1. The fraction of sp³-hybridized carbons (Fsp3) is 0.176. The van der Waals surface area contributed by atoms with Crippen LogP contribution in [0.5, 0.6) is 0 Å². The van der Waals surface area contributed by atoms with E-state index >= 15 is 0 Å². The average Bonchev–Trinajstić information content (AvgIpc) is 3.16. The van der Waals surface area contributed by atoms with Crippen LogP contribution in [0.2, 0.25) is 0 Å². The first-order valence-electron chi connectivity index (χ1n) is 6.90. The summed E-state index contributed by atoms with van der Waals surface area (Å²) in [5.74, 6) is 0.134. The molecule has 1 saturated heterocycles. The molecule has 1 aliphatic heterocycles. The van der Waals surface area contributed by atoms with Crippen LogP contribution in [0, 0.1) is 0 Å². The first kappa shape index (κ1) is 13.8. The quantitative estimate of drug-likeness (QED) is 0.636. The molecular weight excluding hydrogens is 282 g/mol. The lowest BCUT2D eigenvalue weighted by Gasteiger charge is -2.15. The molecule has 0 atom stereocenters. The maximum Gasteiger partial charge on any atom is 0.227 e. The molecule has 0 spiro atoms. The summed E-state index contributed by atoms with van der Waals surface area (Å²) in [6.45, 7) is 0.768. The third kappa shape index (κ3) is 3.11. The molecule has 1 aliphatic rings. The van der Waals surface area contributed by atoms with E-state index in [9.17, 15) is 9.59 Å². The normalized spacial score (nSPS) is 15.0. The number of carbonyl (C=O) groups is 2. The highest BCUT2D eigenvalue weighted by atomic mass is 32.1. The predicted octanol–water partition coefficient (Wildman–Crippen LogP) is 3.77. The Morgan fingerprint density at radius 3 is 2.62 bits per heavy atom. The Balaban J connectivity index is 1.71. The molecule has 1 fully saturated rings. The largest absolute Gasteiger partial charge is 0.312 e. The molecule has 106 valence electrons. The van der Waals surface area contributed by atoms with Crippen molar-refractivity contribution in [2.24, 2.45) is 0 Å². The number of anilines is 1. The van der Waals surface area contributed by atoms with Gasteiger partial charge in [0.1, 0.15) is 0 Å². The lowest BCUT2D eigenvalue weighted by molar-refractivity contribution is -0.117. The molecule has 0 saturated carbocycles. The molecule has 1 aromatic carbocycles. The Morgan fingerprint density at radius 1 is 1.19 bits per heavy atom. The summed E-state index contributed by atoms with van der Waals surface area (Å²) in [5, 5.41) is 1.98. The Kier molecular flexibility index (Phi) is 3.97. The lowest BCUT2D eigenvalue weighted by Crippen LogP contribution is -2.23. The van der Waals surface area contributed by atoms with Crippen molar-refractivity contribution in [3.63, 3.8) is 0 Å². The van der Waals surface area contributed by atoms with Gasteiger partial charge in [-0.2, -0.15) is 0 Å². The van der Waals surface area contributed by atoms with Crippen molar-refractivity contribution in [1.29, 1.82) is 0 Å². The summed E-state index contributed by atoms with van der Waals surface area (Å²) in [6.07, 6.45) is 4.93. The standard InChI is InChI=1S/C17H15NO2S/c19-16(10-9-15-3-2-12-21-15)13-5-7-14(8-6-13)18-11-1-4-17(18)20/h2-3,5-10,12H,1,4,11H2/b10-9+. The smallest absolute Gasteiger partial charge is 0.227 e. The molecule has 21 heavy (non-hydrogen) atoms. The minimum absolute atomic E-state index is 0.0253.